The topological polar surface area (TPSA) is 20.3 Å². The predicted molar refractivity (Wildman–Crippen MR) is 80.7 cm³/mol. The lowest BCUT2D eigenvalue weighted by molar-refractivity contribution is 0.112. The molecule has 1 aliphatic heterocycles. The molecule has 2 nitrogen and oxygen atoms in total. The minimum absolute atomic E-state index is 0.482. The molecule has 1 saturated heterocycles. The average Bonchev–Trinajstić information content (AvgIpc) is 2.96. The fourth-order valence-electron chi connectivity index (χ4n) is 3.01. The second-order valence-electron chi connectivity index (χ2n) is 5.40. The van der Waals surface area contributed by atoms with Crippen molar-refractivity contribution in [3.8, 4) is 0 Å². The summed E-state index contributed by atoms with van der Waals surface area (Å²) in [7, 11) is 0. The van der Waals surface area contributed by atoms with Crippen LogP contribution in [0, 0.1) is 0 Å². The zero-order chi connectivity index (χ0) is 13.8. The van der Waals surface area contributed by atoms with Crippen LogP contribution in [0.5, 0.6) is 0 Å². The van der Waals surface area contributed by atoms with Gasteiger partial charge in [-0.3, -0.25) is 9.69 Å². The molecule has 0 aliphatic carbocycles. The average molecular weight is 265 g/mol. The van der Waals surface area contributed by atoms with Crippen LogP contribution >= 0.6 is 0 Å². The Hall–Kier alpha value is -1.93. The molecule has 2 aromatic rings. The SMILES string of the molecule is O=Cc1ccc(C2CCCN2Cc2ccccc2)cc1. The van der Waals surface area contributed by atoms with Crippen molar-refractivity contribution >= 4 is 6.29 Å². The highest BCUT2D eigenvalue weighted by Gasteiger charge is 2.25. The molecule has 102 valence electrons. The van der Waals surface area contributed by atoms with E-state index < -0.39 is 0 Å². The Kier molecular flexibility index (Phi) is 3.93. The highest BCUT2D eigenvalue weighted by Crippen LogP contribution is 2.33. The zero-order valence-electron chi connectivity index (χ0n) is 11.5. The second kappa shape index (κ2) is 6.02. The summed E-state index contributed by atoms with van der Waals surface area (Å²) in [5.74, 6) is 0. The van der Waals surface area contributed by atoms with E-state index in [0.717, 1.165) is 24.9 Å². The van der Waals surface area contributed by atoms with Crippen molar-refractivity contribution in [3.05, 3.63) is 71.3 Å². The van der Waals surface area contributed by atoms with Crippen LogP contribution in [-0.4, -0.2) is 17.7 Å². The molecular weight excluding hydrogens is 246 g/mol. The first-order valence-electron chi connectivity index (χ1n) is 7.20. The van der Waals surface area contributed by atoms with Gasteiger partial charge in [0.05, 0.1) is 0 Å². The number of hydrogen-bond acceptors (Lipinski definition) is 2. The molecule has 0 spiro atoms. The quantitative estimate of drug-likeness (QED) is 0.783. The maximum atomic E-state index is 10.7. The van der Waals surface area contributed by atoms with Gasteiger partial charge in [0.15, 0.2) is 0 Å². The van der Waals surface area contributed by atoms with Gasteiger partial charge in [-0.25, -0.2) is 0 Å². The van der Waals surface area contributed by atoms with Gasteiger partial charge < -0.3 is 0 Å². The summed E-state index contributed by atoms with van der Waals surface area (Å²) < 4.78 is 0. The van der Waals surface area contributed by atoms with E-state index in [1.54, 1.807) is 0 Å². The van der Waals surface area contributed by atoms with Gasteiger partial charge in [0, 0.05) is 18.2 Å². The minimum Gasteiger partial charge on any atom is -0.298 e. The summed E-state index contributed by atoms with van der Waals surface area (Å²) in [6, 6.07) is 19.1. The third-order valence-electron chi connectivity index (χ3n) is 4.05. The van der Waals surface area contributed by atoms with Crippen molar-refractivity contribution in [2.24, 2.45) is 0 Å². The summed E-state index contributed by atoms with van der Waals surface area (Å²) in [4.78, 5) is 13.3. The van der Waals surface area contributed by atoms with Crippen LogP contribution in [0.4, 0.5) is 0 Å². The molecule has 0 saturated carbocycles. The van der Waals surface area contributed by atoms with Crippen LogP contribution in [0.25, 0.3) is 0 Å². The Morgan fingerprint density at radius 2 is 1.80 bits per heavy atom. The van der Waals surface area contributed by atoms with Crippen LogP contribution in [0.1, 0.15) is 40.4 Å². The normalized spacial score (nSPS) is 19.1. The van der Waals surface area contributed by atoms with Crippen LogP contribution in [0.3, 0.4) is 0 Å². The molecule has 1 fully saturated rings. The molecule has 0 bridgehead atoms. The molecule has 0 radical (unpaired) electrons. The molecule has 2 aromatic carbocycles. The largest absolute Gasteiger partial charge is 0.298 e. The van der Waals surface area contributed by atoms with E-state index in [2.05, 4.69) is 47.4 Å². The highest BCUT2D eigenvalue weighted by molar-refractivity contribution is 5.74. The standard InChI is InChI=1S/C18H19NO/c20-14-16-8-10-17(11-9-16)18-7-4-12-19(18)13-15-5-2-1-3-6-15/h1-3,5-6,8-11,14,18H,4,7,12-13H2. The summed E-state index contributed by atoms with van der Waals surface area (Å²) in [6.07, 6.45) is 3.35. The van der Waals surface area contributed by atoms with Crippen molar-refractivity contribution in [2.75, 3.05) is 6.54 Å². The van der Waals surface area contributed by atoms with Crippen molar-refractivity contribution < 1.29 is 4.79 Å². The van der Waals surface area contributed by atoms with Crippen LogP contribution in [0.15, 0.2) is 54.6 Å². The molecule has 1 atom stereocenters. The number of nitrogens with zero attached hydrogens (tertiary/aromatic N) is 1. The summed E-state index contributed by atoms with van der Waals surface area (Å²) in [5.41, 5.74) is 3.44. The minimum atomic E-state index is 0.482. The maximum absolute atomic E-state index is 10.7. The van der Waals surface area contributed by atoms with E-state index in [1.807, 2.05) is 12.1 Å². The van der Waals surface area contributed by atoms with E-state index in [1.165, 1.54) is 24.0 Å². The lowest BCUT2D eigenvalue weighted by Crippen LogP contribution is -2.22. The van der Waals surface area contributed by atoms with E-state index in [0.29, 0.717) is 6.04 Å². The molecule has 20 heavy (non-hydrogen) atoms. The van der Waals surface area contributed by atoms with E-state index in [4.69, 9.17) is 0 Å². The molecule has 1 aliphatic rings. The van der Waals surface area contributed by atoms with Gasteiger partial charge in [0.25, 0.3) is 0 Å². The Labute approximate surface area is 120 Å². The lowest BCUT2D eigenvalue weighted by atomic mass is 10.0. The van der Waals surface area contributed by atoms with Crippen molar-refractivity contribution in [1.82, 2.24) is 4.90 Å². The van der Waals surface area contributed by atoms with Gasteiger partial charge in [0.1, 0.15) is 6.29 Å². The first kappa shape index (κ1) is 13.1. The molecular formula is C18H19NO. The first-order chi connectivity index (χ1) is 9.86. The van der Waals surface area contributed by atoms with Gasteiger partial charge in [-0.2, -0.15) is 0 Å². The molecule has 3 rings (SSSR count). The number of aldehydes is 1. The smallest absolute Gasteiger partial charge is 0.150 e. The number of rotatable bonds is 4. The number of likely N-dealkylation sites (tertiary alicyclic amines) is 1. The van der Waals surface area contributed by atoms with E-state index in [-0.39, 0.29) is 0 Å². The number of hydrogen-bond donors (Lipinski definition) is 0. The fourth-order valence-corrected chi connectivity index (χ4v) is 3.01. The summed E-state index contributed by atoms with van der Waals surface area (Å²) in [5, 5.41) is 0. The van der Waals surface area contributed by atoms with Gasteiger partial charge in [-0.05, 0) is 30.5 Å². The number of carbonyl (C=O) groups excluding carboxylic acids is 1. The number of carbonyl (C=O) groups is 1. The highest BCUT2D eigenvalue weighted by atomic mass is 16.1. The predicted octanol–water partition coefficient (Wildman–Crippen LogP) is 3.84. The molecule has 0 amide bonds. The maximum Gasteiger partial charge on any atom is 0.150 e. The Morgan fingerprint density at radius 3 is 2.50 bits per heavy atom. The third-order valence-corrected chi connectivity index (χ3v) is 4.05. The van der Waals surface area contributed by atoms with Crippen LogP contribution in [0.2, 0.25) is 0 Å². The fraction of sp³-hybridized carbons (Fsp3) is 0.278. The third kappa shape index (κ3) is 2.81. The van der Waals surface area contributed by atoms with Crippen LogP contribution in [-0.2, 0) is 6.54 Å². The van der Waals surface area contributed by atoms with Gasteiger partial charge in [0.2, 0.25) is 0 Å². The zero-order valence-corrected chi connectivity index (χ0v) is 11.5. The Bertz CT molecular complexity index is 562. The van der Waals surface area contributed by atoms with Crippen LogP contribution < -0.4 is 0 Å². The van der Waals surface area contributed by atoms with Crippen molar-refractivity contribution in [1.29, 1.82) is 0 Å². The van der Waals surface area contributed by atoms with Gasteiger partial charge in [-0.1, -0.05) is 54.6 Å². The van der Waals surface area contributed by atoms with Crippen molar-refractivity contribution in [2.45, 2.75) is 25.4 Å². The lowest BCUT2D eigenvalue weighted by Gasteiger charge is -2.25. The second-order valence-corrected chi connectivity index (χ2v) is 5.40. The summed E-state index contributed by atoms with van der Waals surface area (Å²) >= 11 is 0. The van der Waals surface area contributed by atoms with Crippen molar-refractivity contribution in [3.63, 3.8) is 0 Å². The monoisotopic (exact) mass is 265 g/mol. The van der Waals surface area contributed by atoms with E-state index >= 15 is 0 Å². The molecule has 0 N–H and O–H groups in total. The molecule has 0 aromatic heterocycles. The van der Waals surface area contributed by atoms with Gasteiger partial charge in [-0.15, -0.1) is 0 Å². The molecule has 1 unspecified atom stereocenters. The summed E-state index contributed by atoms with van der Waals surface area (Å²) in [6.45, 7) is 2.15. The Morgan fingerprint density at radius 1 is 1.05 bits per heavy atom. The van der Waals surface area contributed by atoms with E-state index in [9.17, 15) is 4.79 Å². The Balaban J connectivity index is 1.76. The molecule has 1 heterocycles. The molecule has 2 heteroatoms. The first-order valence-corrected chi connectivity index (χ1v) is 7.20. The van der Waals surface area contributed by atoms with Gasteiger partial charge >= 0.3 is 0 Å². The number of benzene rings is 2.